The van der Waals surface area contributed by atoms with Gasteiger partial charge in [-0.25, -0.2) is 0 Å². The van der Waals surface area contributed by atoms with Crippen molar-refractivity contribution in [3.63, 3.8) is 0 Å². The van der Waals surface area contributed by atoms with Gasteiger partial charge in [0.05, 0.1) is 0 Å². The predicted octanol–water partition coefficient (Wildman–Crippen LogP) is -1.30. The van der Waals surface area contributed by atoms with E-state index < -0.39 is 16.4 Å². The van der Waals surface area contributed by atoms with Crippen molar-refractivity contribution in [3.05, 3.63) is 0 Å². The summed E-state index contributed by atoms with van der Waals surface area (Å²) >= 11 is -2.88. The Hall–Kier alpha value is 0.343. The summed E-state index contributed by atoms with van der Waals surface area (Å²) in [5, 5.41) is 0. The van der Waals surface area contributed by atoms with Gasteiger partial charge in [0.15, 0.2) is 0 Å². The van der Waals surface area contributed by atoms with Crippen molar-refractivity contribution in [1.82, 2.24) is 0 Å². The molecule has 22 valence electrons. The Labute approximate surface area is 29.7 Å². The Morgan fingerprint density at radius 3 is 1.50 bits per heavy atom. The van der Waals surface area contributed by atoms with E-state index in [1.807, 2.05) is 0 Å². The van der Waals surface area contributed by atoms with E-state index in [1.54, 1.807) is 0 Å². The van der Waals surface area contributed by atoms with Crippen LogP contribution in [0.15, 0.2) is 0 Å². The molecule has 0 bridgehead atoms. The maximum absolute atomic E-state index is 9.29. The standard InChI is InChI=1S/2H2N.O.Zn/h2*1H2;;/q2*-1;;+2. The zero-order chi connectivity index (χ0) is 3.58. The molecule has 0 aromatic carbocycles. The van der Waals surface area contributed by atoms with E-state index in [-0.39, 0.29) is 0 Å². The number of rotatable bonds is 0. The first kappa shape index (κ1) is 4.34. The fourth-order valence-corrected chi connectivity index (χ4v) is 0. The summed E-state index contributed by atoms with van der Waals surface area (Å²) in [5.41, 5.74) is 0. The average molecular weight is 113 g/mol. The molecule has 3 nitrogen and oxygen atoms in total. The van der Waals surface area contributed by atoms with Gasteiger partial charge in [0, 0.05) is 0 Å². The maximum atomic E-state index is 9.29. The predicted molar refractivity (Wildman–Crippen MR) is 9.06 cm³/mol. The third kappa shape index (κ3) is 35.9. The van der Waals surface area contributed by atoms with E-state index in [0.717, 1.165) is 0 Å². The Kier molecular flexibility index (Phi) is 1.78. The quantitative estimate of drug-likeness (QED) is 0.384. The van der Waals surface area contributed by atoms with Crippen molar-refractivity contribution in [3.8, 4) is 0 Å². The van der Waals surface area contributed by atoms with Crippen molar-refractivity contribution in [2.75, 3.05) is 0 Å². The molecule has 0 amide bonds. The van der Waals surface area contributed by atoms with E-state index in [0.29, 0.717) is 0 Å². The van der Waals surface area contributed by atoms with Crippen molar-refractivity contribution in [1.29, 1.82) is 0 Å². The second kappa shape index (κ2) is 1.64. The first-order valence-corrected chi connectivity index (χ1v) is 5.74. The number of hydrogen-bond donors (Lipinski definition) is 2. The van der Waals surface area contributed by atoms with Crippen molar-refractivity contribution < 1.29 is 20.0 Å². The van der Waals surface area contributed by atoms with Crippen molar-refractivity contribution in [2.24, 2.45) is 8.95 Å². The SMILES string of the molecule is [NH2][Zn]([NH2])=[O]. The topological polar surface area (TPSA) is 69.1 Å². The summed E-state index contributed by atoms with van der Waals surface area (Å²) < 4.78 is 18.4. The molecule has 0 unspecified atom stereocenters. The minimum atomic E-state index is -2.88. The molecule has 4 heavy (non-hydrogen) atoms. The molecule has 4 N–H and O–H groups in total. The third-order valence-electron chi connectivity index (χ3n) is 0. The van der Waals surface area contributed by atoms with E-state index in [2.05, 4.69) is 8.95 Å². The molecule has 0 atom stereocenters. The summed E-state index contributed by atoms with van der Waals surface area (Å²) in [5.74, 6) is 0. The molecule has 0 fully saturated rings. The molecule has 0 aromatic rings. The van der Waals surface area contributed by atoms with Gasteiger partial charge in [0.2, 0.25) is 0 Å². The van der Waals surface area contributed by atoms with Gasteiger partial charge in [-0.1, -0.05) is 0 Å². The van der Waals surface area contributed by atoms with Crippen LogP contribution in [0, 0.1) is 0 Å². The Bertz CT molecular complexity index is 29.0. The summed E-state index contributed by atoms with van der Waals surface area (Å²) in [4.78, 5) is 0. The molecule has 0 radical (unpaired) electrons. The summed E-state index contributed by atoms with van der Waals surface area (Å²) in [7, 11) is 0. The van der Waals surface area contributed by atoms with Crippen LogP contribution in [-0.4, -0.2) is 0 Å². The molecule has 0 spiro atoms. The molecule has 0 rings (SSSR count). The first-order chi connectivity index (χ1) is 1.73. The monoisotopic (exact) mass is 112 g/mol. The van der Waals surface area contributed by atoms with Gasteiger partial charge in [-0.15, -0.1) is 0 Å². The molecule has 0 aromatic heterocycles. The normalized spacial score (nSPS) is 4.25. The first-order valence-electron chi connectivity index (χ1n) is 1.11. The molecule has 0 saturated carbocycles. The van der Waals surface area contributed by atoms with Crippen LogP contribution in [0.25, 0.3) is 0 Å². The van der Waals surface area contributed by atoms with Crippen LogP contribution in [0.1, 0.15) is 0 Å². The fourth-order valence-electron chi connectivity index (χ4n) is 0. The van der Waals surface area contributed by atoms with Gasteiger partial charge in [-0.3, -0.25) is 0 Å². The van der Waals surface area contributed by atoms with Gasteiger partial charge in [-0.2, -0.15) is 0 Å². The zero-order valence-corrected chi connectivity index (χ0v) is 5.24. The van der Waals surface area contributed by atoms with Gasteiger partial charge < -0.3 is 0 Å². The van der Waals surface area contributed by atoms with Crippen LogP contribution in [-0.2, 0) is 20.0 Å². The van der Waals surface area contributed by atoms with Gasteiger partial charge in [0.25, 0.3) is 0 Å². The average Bonchev–Trinajstić information content (AvgIpc) is 0.811. The molecule has 0 aliphatic carbocycles. The van der Waals surface area contributed by atoms with Gasteiger partial charge in [-0.05, 0) is 0 Å². The Morgan fingerprint density at radius 2 is 1.50 bits per heavy atom. The summed E-state index contributed by atoms with van der Waals surface area (Å²) in [6, 6.07) is 0. The minimum absolute atomic E-state index is 2.88. The van der Waals surface area contributed by atoms with Crippen molar-refractivity contribution >= 4 is 0 Å². The van der Waals surface area contributed by atoms with Crippen LogP contribution in [0.2, 0.25) is 0 Å². The van der Waals surface area contributed by atoms with Crippen LogP contribution < -0.4 is 8.95 Å². The molecular formula is H4N2OZn. The van der Waals surface area contributed by atoms with Gasteiger partial charge in [0.1, 0.15) is 0 Å². The van der Waals surface area contributed by atoms with Crippen molar-refractivity contribution in [2.45, 2.75) is 0 Å². The second-order valence-electron chi connectivity index (χ2n) is 0.569. The third-order valence-corrected chi connectivity index (χ3v) is 0. The van der Waals surface area contributed by atoms with E-state index in [9.17, 15) is 3.57 Å². The molecule has 0 heterocycles. The van der Waals surface area contributed by atoms with Crippen LogP contribution >= 0.6 is 0 Å². The molecule has 0 aliphatic rings. The Morgan fingerprint density at radius 1 is 1.50 bits per heavy atom. The second-order valence-corrected chi connectivity index (χ2v) is 2.96. The molecule has 0 aliphatic heterocycles. The molecule has 4 heteroatoms. The van der Waals surface area contributed by atoms with E-state index >= 15 is 0 Å². The van der Waals surface area contributed by atoms with Gasteiger partial charge >= 0.3 is 28.9 Å². The fraction of sp³-hybridized carbons (Fsp3) is 0. The summed E-state index contributed by atoms with van der Waals surface area (Å²) in [6.07, 6.45) is 0. The Balaban J connectivity index is 2.80. The van der Waals surface area contributed by atoms with Crippen LogP contribution in [0.4, 0.5) is 0 Å². The number of nitrogens with two attached hydrogens (primary N) is 2. The van der Waals surface area contributed by atoms with E-state index in [1.165, 1.54) is 0 Å². The number of hydrogen-bond acceptors (Lipinski definition) is 1. The summed E-state index contributed by atoms with van der Waals surface area (Å²) in [6.45, 7) is 0. The zero-order valence-electron chi connectivity index (χ0n) is 2.27. The van der Waals surface area contributed by atoms with E-state index in [4.69, 9.17) is 0 Å². The van der Waals surface area contributed by atoms with Crippen LogP contribution in [0.5, 0.6) is 0 Å². The van der Waals surface area contributed by atoms with Crippen LogP contribution in [0.3, 0.4) is 0 Å². The molecule has 0 saturated heterocycles. The molecular weight excluding hydrogens is 109 g/mol.